The van der Waals surface area contributed by atoms with Crippen molar-refractivity contribution in [2.75, 3.05) is 20.8 Å². The van der Waals surface area contributed by atoms with Crippen molar-refractivity contribution in [3.63, 3.8) is 0 Å². The Kier molecular flexibility index (Phi) is 10.9. The number of carbonyl (C=O) groups excluding carboxylic acids is 4. The molecule has 1 saturated heterocycles. The second-order valence-electron chi connectivity index (χ2n) is 10.2. The topological polar surface area (TPSA) is 155 Å². The Hall–Kier alpha value is -4.75. The Morgan fingerprint density at radius 1 is 0.733 bits per heavy atom. The lowest BCUT2D eigenvalue weighted by atomic mass is 9.98. The van der Waals surface area contributed by atoms with Gasteiger partial charge in [-0.05, 0) is 54.1 Å². The minimum atomic E-state index is -1.35. The van der Waals surface area contributed by atoms with Crippen LogP contribution in [0.4, 0.5) is 0 Å². The molecule has 240 valence electrons. The van der Waals surface area contributed by atoms with E-state index in [1.54, 1.807) is 20.3 Å². The van der Waals surface area contributed by atoms with Crippen molar-refractivity contribution in [1.29, 1.82) is 0 Å². The summed E-state index contributed by atoms with van der Waals surface area (Å²) in [6.07, 6.45) is -6.47. The molecule has 2 unspecified atom stereocenters. The minimum absolute atomic E-state index is 0.0942. The molecular weight excluding hydrogens is 590 g/mol. The van der Waals surface area contributed by atoms with E-state index in [2.05, 4.69) is 0 Å². The number of aromatic nitrogens is 1. The second kappa shape index (κ2) is 14.8. The Bertz CT molecular complexity index is 1540. The van der Waals surface area contributed by atoms with Gasteiger partial charge in [-0.15, -0.1) is 0 Å². The Balaban J connectivity index is 1.74. The summed E-state index contributed by atoms with van der Waals surface area (Å²) in [5.41, 5.74) is 2.80. The predicted molar refractivity (Wildman–Crippen MR) is 157 cm³/mol. The first kappa shape index (κ1) is 33.1. The molecule has 45 heavy (non-hydrogen) atoms. The largest absolute Gasteiger partial charge is 0.497 e. The molecule has 3 aromatic rings. The molecule has 5 atom stereocenters. The number of fused-ring (bicyclic) bond motifs is 1. The average molecular weight is 626 g/mol. The van der Waals surface area contributed by atoms with Crippen LogP contribution in [0.5, 0.6) is 11.5 Å². The third kappa shape index (κ3) is 8.46. The summed E-state index contributed by atoms with van der Waals surface area (Å²) in [6.45, 7) is 4.21. The van der Waals surface area contributed by atoms with E-state index in [1.807, 2.05) is 42.5 Å². The van der Waals surface area contributed by atoms with Gasteiger partial charge in [0, 0.05) is 38.6 Å². The summed E-state index contributed by atoms with van der Waals surface area (Å²) in [4.78, 5) is 52.8. The molecule has 0 radical (unpaired) electrons. The van der Waals surface area contributed by atoms with E-state index in [0.717, 1.165) is 31.7 Å². The number of ether oxygens (including phenoxy) is 8. The van der Waals surface area contributed by atoms with Gasteiger partial charge in [0.25, 0.3) is 0 Å². The zero-order valence-corrected chi connectivity index (χ0v) is 25.8. The molecular formula is C32H35NO12. The van der Waals surface area contributed by atoms with Gasteiger partial charge in [-0.3, -0.25) is 19.2 Å². The maximum Gasteiger partial charge on any atom is 0.303 e. The van der Waals surface area contributed by atoms with Gasteiger partial charge in [0.1, 0.15) is 24.2 Å². The standard InChI is InChI=1S/C32H35NO12/c1-17(34)40-16-28-29(42-18(2)35)30(43-19(3)36)31(44-20(4)37)32(45-28)41-15-22-13-27(21-7-9-23(38-5)10-8-21)33-26-12-11-24(39-6)14-25(22)26/h7-14,28-32H,15-16H2,1-6H3/t28?,29-,30-,31?,32+/m0/s1. The van der Waals surface area contributed by atoms with Crippen molar-refractivity contribution in [3.8, 4) is 22.8 Å². The Labute approximate surface area is 259 Å². The fourth-order valence-electron chi connectivity index (χ4n) is 4.93. The van der Waals surface area contributed by atoms with Crippen LogP contribution in [0.25, 0.3) is 22.2 Å². The highest BCUT2D eigenvalue weighted by Gasteiger charge is 2.52. The number of rotatable bonds is 11. The SMILES string of the molecule is COc1ccc(-c2cc(CO[C@@H]3OC(COC(C)=O)[C@H](OC(C)=O)[C@H](OC(C)=O)C3OC(C)=O)c3cc(OC)ccc3n2)cc1. The molecule has 1 fully saturated rings. The van der Waals surface area contributed by atoms with Crippen molar-refractivity contribution >= 4 is 34.8 Å². The molecule has 13 nitrogen and oxygen atoms in total. The molecule has 0 amide bonds. The van der Waals surface area contributed by atoms with E-state index < -0.39 is 54.6 Å². The number of methoxy groups -OCH3 is 2. The van der Waals surface area contributed by atoms with Crippen LogP contribution in [0.15, 0.2) is 48.5 Å². The number of hydrogen-bond donors (Lipinski definition) is 0. The quantitative estimate of drug-likeness (QED) is 0.226. The summed E-state index contributed by atoms with van der Waals surface area (Å²) in [6, 6.07) is 14.7. The highest BCUT2D eigenvalue weighted by atomic mass is 16.7. The summed E-state index contributed by atoms with van der Waals surface area (Å²) >= 11 is 0. The van der Waals surface area contributed by atoms with Gasteiger partial charge in [0.15, 0.2) is 24.6 Å². The molecule has 4 rings (SSSR count). The number of hydrogen-bond acceptors (Lipinski definition) is 13. The molecule has 1 aromatic heterocycles. The van der Waals surface area contributed by atoms with Crippen LogP contribution in [-0.2, 0) is 54.2 Å². The molecule has 0 aliphatic carbocycles. The van der Waals surface area contributed by atoms with E-state index in [-0.39, 0.29) is 13.2 Å². The summed E-state index contributed by atoms with van der Waals surface area (Å²) < 4.78 is 44.6. The smallest absolute Gasteiger partial charge is 0.303 e. The maximum absolute atomic E-state index is 12.2. The van der Waals surface area contributed by atoms with Crippen LogP contribution < -0.4 is 9.47 Å². The minimum Gasteiger partial charge on any atom is -0.497 e. The van der Waals surface area contributed by atoms with Gasteiger partial charge in [-0.25, -0.2) is 4.98 Å². The van der Waals surface area contributed by atoms with Crippen molar-refractivity contribution < 1.29 is 57.1 Å². The first-order valence-corrected chi connectivity index (χ1v) is 14.0. The summed E-state index contributed by atoms with van der Waals surface area (Å²) in [5, 5.41) is 0.720. The van der Waals surface area contributed by atoms with Crippen molar-refractivity contribution in [2.45, 2.75) is 65.0 Å². The van der Waals surface area contributed by atoms with Gasteiger partial charge in [-0.2, -0.15) is 0 Å². The van der Waals surface area contributed by atoms with E-state index in [9.17, 15) is 19.2 Å². The van der Waals surface area contributed by atoms with Crippen LogP contribution in [0.1, 0.15) is 33.3 Å². The zero-order chi connectivity index (χ0) is 32.7. The highest BCUT2D eigenvalue weighted by molar-refractivity contribution is 5.86. The Morgan fingerprint density at radius 2 is 1.33 bits per heavy atom. The van der Waals surface area contributed by atoms with Gasteiger partial charge in [-0.1, -0.05) is 0 Å². The molecule has 2 aromatic carbocycles. The monoisotopic (exact) mass is 625 g/mol. The average Bonchev–Trinajstić information content (AvgIpc) is 3.00. The normalized spacial score (nSPS) is 21.0. The molecule has 0 bridgehead atoms. The van der Waals surface area contributed by atoms with E-state index in [1.165, 1.54) is 6.92 Å². The van der Waals surface area contributed by atoms with Gasteiger partial charge in [0.2, 0.25) is 0 Å². The molecule has 0 N–H and O–H groups in total. The number of nitrogens with zero attached hydrogens (tertiary/aromatic N) is 1. The van der Waals surface area contributed by atoms with Crippen molar-refractivity contribution in [1.82, 2.24) is 4.98 Å². The summed E-state index contributed by atoms with van der Waals surface area (Å²) in [7, 11) is 3.13. The number of carbonyl (C=O) groups is 4. The fraction of sp³-hybridized carbons (Fsp3) is 0.406. The molecule has 1 aliphatic rings. The second-order valence-corrected chi connectivity index (χ2v) is 10.2. The van der Waals surface area contributed by atoms with E-state index in [0.29, 0.717) is 28.3 Å². The lowest BCUT2D eigenvalue weighted by molar-refractivity contribution is -0.310. The van der Waals surface area contributed by atoms with E-state index in [4.69, 9.17) is 42.9 Å². The molecule has 1 aliphatic heterocycles. The lowest BCUT2D eigenvalue weighted by Crippen LogP contribution is -2.62. The fourth-order valence-corrected chi connectivity index (χ4v) is 4.93. The van der Waals surface area contributed by atoms with Gasteiger partial charge >= 0.3 is 23.9 Å². The van der Waals surface area contributed by atoms with Crippen LogP contribution in [0.2, 0.25) is 0 Å². The van der Waals surface area contributed by atoms with Crippen LogP contribution in [0.3, 0.4) is 0 Å². The zero-order valence-electron chi connectivity index (χ0n) is 25.8. The molecule has 13 heteroatoms. The number of pyridine rings is 1. The van der Waals surface area contributed by atoms with Crippen LogP contribution in [0, 0.1) is 0 Å². The third-order valence-corrected chi connectivity index (χ3v) is 6.84. The first-order chi connectivity index (χ1) is 21.5. The van der Waals surface area contributed by atoms with Crippen molar-refractivity contribution in [3.05, 3.63) is 54.1 Å². The lowest BCUT2D eigenvalue weighted by Gasteiger charge is -2.44. The van der Waals surface area contributed by atoms with Gasteiger partial charge in [0.05, 0.1) is 32.0 Å². The third-order valence-electron chi connectivity index (χ3n) is 6.84. The number of esters is 4. The van der Waals surface area contributed by atoms with Gasteiger partial charge < -0.3 is 37.9 Å². The van der Waals surface area contributed by atoms with Crippen molar-refractivity contribution in [2.24, 2.45) is 0 Å². The van der Waals surface area contributed by atoms with E-state index >= 15 is 0 Å². The Morgan fingerprint density at radius 3 is 1.93 bits per heavy atom. The molecule has 2 heterocycles. The maximum atomic E-state index is 12.2. The molecule has 0 spiro atoms. The predicted octanol–water partition coefficient (Wildman–Crippen LogP) is 3.52. The highest BCUT2D eigenvalue weighted by Crippen LogP contribution is 2.33. The number of benzene rings is 2. The first-order valence-electron chi connectivity index (χ1n) is 14.0. The van der Waals surface area contributed by atoms with Crippen LogP contribution in [-0.4, -0.2) is 80.4 Å². The summed E-state index contributed by atoms with van der Waals surface area (Å²) in [5.74, 6) is -1.52. The van der Waals surface area contributed by atoms with Crippen LogP contribution >= 0.6 is 0 Å². The molecule has 0 saturated carbocycles.